The van der Waals surface area contributed by atoms with Crippen molar-refractivity contribution in [2.45, 2.75) is 58.5 Å². The van der Waals surface area contributed by atoms with Crippen molar-refractivity contribution >= 4 is 5.96 Å². The van der Waals surface area contributed by atoms with Crippen LogP contribution in [0.1, 0.15) is 58.1 Å². The van der Waals surface area contributed by atoms with Gasteiger partial charge in [0.05, 0.1) is 13.2 Å². The van der Waals surface area contributed by atoms with Crippen molar-refractivity contribution in [3.63, 3.8) is 0 Å². The van der Waals surface area contributed by atoms with Crippen molar-refractivity contribution in [1.29, 1.82) is 0 Å². The van der Waals surface area contributed by atoms with Crippen LogP contribution in [-0.4, -0.2) is 75.2 Å². The zero-order valence-corrected chi connectivity index (χ0v) is 19.8. The fourth-order valence-electron chi connectivity index (χ4n) is 4.19. The Labute approximate surface area is 184 Å². The van der Waals surface area contributed by atoms with Crippen LogP contribution in [0.3, 0.4) is 0 Å². The minimum absolute atomic E-state index is 0.343. The number of ether oxygens (including phenoxy) is 1. The third-order valence-corrected chi connectivity index (χ3v) is 6.16. The number of rotatable bonds is 12. The van der Waals surface area contributed by atoms with Crippen LogP contribution >= 0.6 is 0 Å². The summed E-state index contributed by atoms with van der Waals surface area (Å²) in [6.07, 6.45) is 4.91. The topological polar surface area (TPSA) is 52.1 Å². The van der Waals surface area contributed by atoms with Gasteiger partial charge in [-0.2, -0.15) is 0 Å². The van der Waals surface area contributed by atoms with E-state index >= 15 is 0 Å². The van der Waals surface area contributed by atoms with E-state index in [4.69, 9.17) is 4.74 Å². The molecule has 0 bridgehead atoms. The fourth-order valence-corrected chi connectivity index (χ4v) is 4.19. The molecule has 2 rings (SSSR count). The number of aliphatic imine (C=N–C) groups is 1. The van der Waals surface area contributed by atoms with Crippen LogP contribution < -0.4 is 15.4 Å². The smallest absolute Gasteiger partial charge is 0.191 e. The largest absolute Gasteiger partial charge is 0.497 e. The Hall–Kier alpha value is -1.79. The lowest BCUT2D eigenvalue weighted by atomic mass is 10.1. The van der Waals surface area contributed by atoms with E-state index in [1.165, 1.54) is 31.4 Å². The number of methoxy groups -OCH3 is 1. The van der Waals surface area contributed by atoms with E-state index in [1.807, 2.05) is 7.05 Å². The van der Waals surface area contributed by atoms with E-state index < -0.39 is 0 Å². The van der Waals surface area contributed by atoms with Gasteiger partial charge in [-0.15, -0.1) is 0 Å². The highest BCUT2D eigenvalue weighted by Crippen LogP contribution is 2.26. The second kappa shape index (κ2) is 13.5. The van der Waals surface area contributed by atoms with Crippen LogP contribution in [0.25, 0.3) is 0 Å². The highest BCUT2D eigenvalue weighted by Gasteiger charge is 2.24. The summed E-state index contributed by atoms with van der Waals surface area (Å²) in [6.45, 7) is 13.3. The molecule has 1 aromatic rings. The molecule has 0 amide bonds. The van der Waals surface area contributed by atoms with Gasteiger partial charge in [-0.25, -0.2) is 0 Å². The maximum Gasteiger partial charge on any atom is 0.191 e. The number of nitrogens with one attached hydrogen (secondary N) is 2. The molecule has 0 radical (unpaired) electrons. The molecule has 6 heteroatoms. The van der Waals surface area contributed by atoms with E-state index in [2.05, 4.69) is 70.5 Å². The molecule has 6 nitrogen and oxygen atoms in total. The van der Waals surface area contributed by atoms with Gasteiger partial charge >= 0.3 is 0 Å². The zero-order valence-electron chi connectivity index (χ0n) is 19.8. The minimum Gasteiger partial charge on any atom is -0.497 e. The van der Waals surface area contributed by atoms with E-state index in [-0.39, 0.29) is 0 Å². The first-order valence-electron chi connectivity index (χ1n) is 11.7. The third-order valence-electron chi connectivity index (χ3n) is 6.16. The predicted molar refractivity (Wildman–Crippen MR) is 128 cm³/mol. The summed E-state index contributed by atoms with van der Waals surface area (Å²) in [5, 5.41) is 7.16. The molecule has 1 aromatic carbocycles. The molecule has 2 atom stereocenters. The Morgan fingerprint density at radius 1 is 1.17 bits per heavy atom. The van der Waals surface area contributed by atoms with Gasteiger partial charge in [0.15, 0.2) is 5.96 Å². The van der Waals surface area contributed by atoms with Gasteiger partial charge in [-0.3, -0.25) is 9.89 Å². The van der Waals surface area contributed by atoms with Crippen LogP contribution in [0.4, 0.5) is 0 Å². The molecule has 0 aliphatic carbocycles. The van der Waals surface area contributed by atoms with Crippen LogP contribution in [0.15, 0.2) is 29.3 Å². The molecule has 1 aliphatic heterocycles. The summed E-state index contributed by atoms with van der Waals surface area (Å²) >= 11 is 0. The molecule has 0 aromatic heterocycles. The SMILES string of the molecule is CCN(CC)CCCC(C)NC(=NC)NCC(c1ccc(OC)cc1)N1CCCC1. The average molecular weight is 418 g/mol. The predicted octanol–water partition coefficient (Wildman–Crippen LogP) is 3.51. The lowest BCUT2D eigenvalue weighted by Crippen LogP contribution is -2.45. The highest BCUT2D eigenvalue weighted by atomic mass is 16.5. The van der Waals surface area contributed by atoms with Gasteiger partial charge < -0.3 is 20.3 Å². The number of nitrogens with zero attached hydrogens (tertiary/aromatic N) is 3. The third kappa shape index (κ3) is 7.80. The minimum atomic E-state index is 0.343. The molecule has 2 unspecified atom stereocenters. The second-order valence-corrected chi connectivity index (χ2v) is 8.20. The number of hydrogen-bond donors (Lipinski definition) is 2. The fraction of sp³-hybridized carbons (Fsp3) is 0.708. The molecule has 1 heterocycles. The van der Waals surface area contributed by atoms with Crippen molar-refractivity contribution in [3.8, 4) is 5.75 Å². The number of hydrogen-bond acceptors (Lipinski definition) is 4. The lowest BCUT2D eigenvalue weighted by Gasteiger charge is -2.29. The van der Waals surface area contributed by atoms with Crippen LogP contribution in [-0.2, 0) is 0 Å². The Kier molecular flexibility index (Phi) is 11.0. The van der Waals surface area contributed by atoms with Gasteiger partial charge in [0.25, 0.3) is 0 Å². The zero-order chi connectivity index (χ0) is 21.8. The molecule has 2 N–H and O–H groups in total. The van der Waals surface area contributed by atoms with E-state index in [9.17, 15) is 0 Å². The first-order chi connectivity index (χ1) is 14.6. The molecule has 1 saturated heterocycles. The number of benzene rings is 1. The molecule has 0 saturated carbocycles. The Bertz CT molecular complexity index is 609. The van der Waals surface area contributed by atoms with E-state index in [0.29, 0.717) is 12.1 Å². The van der Waals surface area contributed by atoms with Crippen molar-refractivity contribution in [3.05, 3.63) is 29.8 Å². The van der Waals surface area contributed by atoms with Crippen molar-refractivity contribution in [2.75, 3.05) is 53.4 Å². The van der Waals surface area contributed by atoms with E-state index in [1.54, 1.807) is 7.11 Å². The molecule has 1 fully saturated rings. The summed E-state index contributed by atoms with van der Waals surface area (Å²) < 4.78 is 5.33. The molecule has 1 aliphatic rings. The standard InChI is InChI=1S/C24H43N5O/c1-6-28(7-2)16-10-11-20(3)27-24(25-4)26-19-23(29-17-8-9-18-29)21-12-14-22(30-5)15-13-21/h12-15,20,23H,6-11,16-19H2,1-5H3,(H2,25,26,27). The molecular formula is C24H43N5O. The average Bonchev–Trinajstić information content (AvgIpc) is 3.31. The molecule has 170 valence electrons. The van der Waals surface area contributed by atoms with Crippen LogP contribution in [0, 0.1) is 0 Å². The number of guanidine groups is 1. The van der Waals surface area contributed by atoms with Crippen molar-refractivity contribution < 1.29 is 4.74 Å². The first-order valence-corrected chi connectivity index (χ1v) is 11.7. The summed E-state index contributed by atoms with van der Waals surface area (Å²) in [7, 11) is 3.57. The highest BCUT2D eigenvalue weighted by molar-refractivity contribution is 5.79. The maximum atomic E-state index is 5.33. The Balaban J connectivity index is 1.88. The quantitative estimate of drug-likeness (QED) is 0.403. The van der Waals surface area contributed by atoms with Gasteiger partial charge in [0, 0.05) is 19.6 Å². The second-order valence-electron chi connectivity index (χ2n) is 8.20. The molecular weight excluding hydrogens is 374 g/mol. The normalized spacial score (nSPS) is 17.2. The summed E-state index contributed by atoms with van der Waals surface area (Å²) in [4.78, 5) is 9.53. The van der Waals surface area contributed by atoms with Gasteiger partial charge in [0.1, 0.15) is 5.75 Å². The van der Waals surface area contributed by atoms with Gasteiger partial charge in [-0.05, 0) is 83.0 Å². The van der Waals surface area contributed by atoms with Crippen molar-refractivity contribution in [2.24, 2.45) is 4.99 Å². The molecule has 0 spiro atoms. The number of likely N-dealkylation sites (tertiary alicyclic amines) is 1. The van der Waals surface area contributed by atoms with Gasteiger partial charge in [-0.1, -0.05) is 26.0 Å². The van der Waals surface area contributed by atoms with Gasteiger partial charge in [0.2, 0.25) is 0 Å². The van der Waals surface area contributed by atoms with E-state index in [0.717, 1.165) is 50.9 Å². The molecule has 30 heavy (non-hydrogen) atoms. The summed E-state index contributed by atoms with van der Waals surface area (Å²) in [6, 6.07) is 9.24. The summed E-state index contributed by atoms with van der Waals surface area (Å²) in [5.41, 5.74) is 1.33. The van der Waals surface area contributed by atoms with Crippen molar-refractivity contribution in [1.82, 2.24) is 20.4 Å². The van der Waals surface area contributed by atoms with Crippen LogP contribution in [0.5, 0.6) is 5.75 Å². The monoisotopic (exact) mass is 417 g/mol. The van der Waals surface area contributed by atoms with Crippen LogP contribution in [0.2, 0.25) is 0 Å². The first kappa shape index (κ1) is 24.5. The maximum absolute atomic E-state index is 5.33. The Morgan fingerprint density at radius 3 is 2.40 bits per heavy atom. The summed E-state index contributed by atoms with van der Waals surface area (Å²) in [5.74, 6) is 1.80. The lowest BCUT2D eigenvalue weighted by molar-refractivity contribution is 0.245. The Morgan fingerprint density at radius 2 is 1.83 bits per heavy atom.